The van der Waals surface area contributed by atoms with Crippen molar-refractivity contribution in [2.75, 3.05) is 0 Å². The first kappa shape index (κ1) is 10.7. The van der Waals surface area contributed by atoms with E-state index in [-0.39, 0.29) is 0 Å². The number of carbonyl (C=O) groups is 1. The number of Topliss-reactive ketones (excluding diaryl/α,β-unsaturated/α-hetero) is 1. The third kappa shape index (κ3) is 2.82. The molecule has 0 spiro atoms. The molecule has 0 aromatic carbocycles. The molecule has 1 aliphatic rings. The van der Waals surface area contributed by atoms with Crippen LogP contribution in [0.15, 0.2) is 0 Å². The smallest absolute Gasteiger partial charge is 0.136 e. The Labute approximate surface area is 81.9 Å². The monoisotopic (exact) mass is 182 g/mol. The Morgan fingerprint density at radius 1 is 1.31 bits per heavy atom. The maximum Gasteiger partial charge on any atom is 0.136 e. The van der Waals surface area contributed by atoms with Gasteiger partial charge in [0, 0.05) is 12.3 Å². The molecular weight excluding hydrogens is 160 g/mol. The van der Waals surface area contributed by atoms with E-state index in [4.69, 9.17) is 0 Å². The first-order valence-corrected chi connectivity index (χ1v) is 5.67. The quantitative estimate of drug-likeness (QED) is 0.653. The number of ketones is 1. The van der Waals surface area contributed by atoms with Crippen molar-refractivity contribution in [3.05, 3.63) is 0 Å². The molecule has 0 bridgehead atoms. The van der Waals surface area contributed by atoms with Gasteiger partial charge in [-0.1, -0.05) is 27.2 Å². The lowest BCUT2D eigenvalue weighted by Crippen LogP contribution is -2.28. The zero-order chi connectivity index (χ0) is 9.84. The predicted octanol–water partition coefficient (Wildman–Crippen LogP) is 3.43. The minimum atomic E-state index is 0.385. The maximum absolute atomic E-state index is 11.7. The number of hydrogen-bond donors (Lipinski definition) is 0. The molecule has 1 nitrogen and oxygen atoms in total. The van der Waals surface area contributed by atoms with Gasteiger partial charge in [-0.3, -0.25) is 4.79 Å². The van der Waals surface area contributed by atoms with Crippen molar-refractivity contribution in [2.24, 2.45) is 17.8 Å². The summed E-state index contributed by atoms with van der Waals surface area (Å²) in [6.45, 7) is 6.64. The van der Waals surface area contributed by atoms with Crippen LogP contribution in [0.3, 0.4) is 0 Å². The summed E-state index contributed by atoms with van der Waals surface area (Å²) in [6, 6.07) is 0. The Bertz CT molecular complexity index is 174. The van der Waals surface area contributed by atoms with E-state index in [1.165, 1.54) is 12.8 Å². The molecular formula is C12H22O. The van der Waals surface area contributed by atoms with Gasteiger partial charge in [0.25, 0.3) is 0 Å². The van der Waals surface area contributed by atoms with E-state index in [0.717, 1.165) is 25.2 Å². The van der Waals surface area contributed by atoms with Crippen LogP contribution in [0.2, 0.25) is 0 Å². The largest absolute Gasteiger partial charge is 0.299 e. The lowest BCUT2D eigenvalue weighted by molar-refractivity contribution is -0.125. The van der Waals surface area contributed by atoms with E-state index in [0.29, 0.717) is 17.6 Å². The molecule has 0 aromatic rings. The first-order chi connectivity index (χ1) is 6.15. The topological polar surface area (TPSA) is 17.1 Å². The summed E-state index contributed by atoms with van der Waals surface area (Å²) in [6.07, 6.45) is 5.45. The van der Waals surface area contributed by atoms with E-state index in [2.05, 4.69) is 20.8 Å². The Hall–Kier alpha value is -0.330. The molecule has 0 aromatic heterocycles. The third-order valence-electron chi connectivity index (χ3n) is 3.34. The molecule has 0 heterocycles. The summed E-state index contributed by atoms with van der Waals surface area (Å²) in [5.41, 5.74) is 0. The van der Waals surface area contributed by atoms with E-state index in [1.54, 1.807) is 0 Å². The molecule has 1 heteroatoms. The van der Waals surface area contributed by atoms with E-state index < -0.39 is 0 Å². The van der Waals surface area contributed by atoms with Crippen molar-refractivity contribution in [3.63, 3.8) is 0 Å². The summed E-state index contributed by atoms with van der Waals surface area (Å²) in [5, 5.41) is 0. The minimum Gasteiger partial charge on any atom is -0.299 e. The summed E-state index contributed by atoms with van der Waals surface area (Å²) in [4.78, 5) is 11.7. The SMILES string of the molecule is CCCC(=O)C1CCC(C)CC1C. The van der Waals surface area contributed by atoms with Crippen LogP contribution >= 0.6 is 0 Å². The van der Waals surface area contributed by atoms with Crippen LogP contribution in [-0.2, 0) is 4.79 Å². The molecule has 0 N–H and O–H groups in total. The van der Waals surface area contributed by atoms with Crippen LogP contribution in [0.25, 0.3) is 0 Å². The molecule has 0 amide bonds. The Morgan fingerprint density at radius 2 is 2.00 bits per heavy atom. The lowest BCUT2D eigenvalue weighted by Gasteiger charge is -2.31. The molecule has 1 rings (SSSR count). The minimum absolute atomic E-state index is 0.385. The summed E-state index contributed by atoms with van der Waals surface area (Å²) in [7, 11) is 0. The van der Waals surface area contributed by atoms with E-state index >= 15 is 0 Å². The Kier molecular flexibility index (Phi) is 3.95. The molecule has 0 saturated heterocycles. The van der Waals surface area contributed by atoms with E-state index in [1.807, 2.05) is 0 Å². The molecule has 3 atom stereocenters. The normalized spacial score (nSPS) is 34.5. The standard InChI is InChI=1S/C12H22O/c1-4-5-12(13)11-7-6-9(2)8-10(11)3/h9-11H,4-8H2,1-3H3. The molecule has 1 fully saturated rings. The zero-order valence-electron chi connectivity index (χ0n) is 9.18. The fourth-order valence-corrected chi connectivity index (χ4v) is 2.58. The molecule has 0 radical (unpaired) electrons. The maximum atomic E-state index is 11.7. The number of hydrogen-bond acceptors (Lipinski definition) is 1. The second kappa shape index (κ2) is 4.78. The highest BCUT2D eigenvalue weighted by atomic mass is 16.1. The van der Waals surface area contributed by atoms with Crippen LogP contribution < -0.4 is 0 Å². The summed E-state index contributed by atoms with van der Waals surface area (Å²) in [5.74, 6) is 2.36. The molecule has 3 unspecified atom stereocenters. The fourth-order valence-electron chi connectivity index (χ4n) is 2.58. The van der Waals surface area contributed by atoms with Gasteiger partial charge >= 0.3 is 0 Å². The number of rotatable bonds is 3. The van der Waals surface area contributed by atoms with Crippen LogP contribution in [0.1, 0.15) is 52.9 Å². The van der Waals surface area contributed by atoms with Crippen LogP contribution in [0.5, 0.6) is 0 Å². The summed E-state index contributed by atoms with van der Waals surface area (Å²) >= 11 is 0. The number of carbonyl (C=O) groups excluding carboxylic acids is 1. The molecule has 0 aliphatic heterocycles. The van der Waals surface area contributed by atoms with Crippen LogP contribution in [0.4, 0.5) is 0 Å². The van der Waals surface area contributed by atoms with Crippen molar-refractivity contribution >= 4 is 5.78 Å². The Balaban J connectivity index is 2.45. The zero-order valence-corrected chi connectivity index (χ0v) is 9.18. The average Bonchev–Trinajstić information content (AvgIpc) is 2.04. The van der Waals surface area contributed by atoms with Gasteiger partial charge in [-0.25, -0.2) is 0 Å². The second-order valence-corrected chi connectivity index (χ2v) is 4.72. The van der Waals surface area contributed by atoms with Crippen molar-refractivity contribution in [3.8, 4) is 0 Å². The van der Waals surface area contributed by atoms with Gasteiger partial charge in [0.05, 0.1) is 0 Å². The predicted molar refractivity (Wildman–Crippen MR) is 55.6 cm³/mol. The lowest BCUT2D eigenvalue weighted by atomic mass is 9.73. The molecule has 1 aliphatic carbocycles. The van der Waals surface area contributed by atoms with Crippen molar-refractivity contribution < 1.29 is 4.79 Å². The van der Waals surface area contributed by atoms with Gasteiger partial charge in [0.2, 0.25) is 0 Å². The second-order valence-electron chi connectivity index (χ2n) is 4.72. The average molecular weight is 182 g/mol. The van der Waals surface area contributed by atoms with Gasteiger partial charge < -0.3 is 0 Å². The molecule has 13 heavy (non-hydrogen) atoms. The van der Waals surface area contributed by atoms with Gasteiger partial charge in [0.1, 0.15) is 5.78 Å². The molecule has 76 valence electrons. The van der Waals surface area contributed by atoms with Gasteiger partial charge in [0.15, 0.2) is 0 Å². The third-order valence-corrected chi connectivity index (χ3v) is 3.34. The summed E-state index contributed by atoms with van der Waals surface area (Å²) < 4.78 is 0. The van der Waals surface area contributed by atoms with Gasteiger partial charge in [-0.2, -0.15) is 0 Å². The van der Waals surface area contributed by atoms with Crippen molar-refractivity contribution in [1.29, 1.82) is 0 Å². The van der Waals surface area contributed by atoms with Crippen LogP contribution in [0, 0.1) is 17.8 Å². The highest BCUT2D eigenvalue weighted by Gasteiger charge is 2.29. The fraction of sp³-hybridized carbons (Fsp3) is 0.917. The van der Waals surface area contributed by atoms with Crippen LogP contribution in [-0.4, -0.2) is 5.78 Å². The van der Waals surface area contributed by atoms with Crippen molar-refractivity contribution in [2.45, 2.75) is 52.9 Å². The highest BCUT2D eigenvalue weighted by Crippen LogP contribution is 2.34. The molecule has 1 saturated carbocycles. The van der Waals surface area contributed by atoms with Gasteiger partial charge in [-0.15, -0.1) is 0 Å². The first-order valence-electron chi connectivity index (χ1n) is 5.67. The Morgan fingerprint density at radius 3 is 2.54 bits per heavy atom. The van der Waals surface area contributed by atoms with Crippen molar-refractivity contribution in [1.82, 2.24) is 0 Å². The van der Waals surface area contributed by atoms with E-state index in [9.17, 15) is 4.79 Å². The highest BCUT2D eigenvalue weighted by molar-refractivity contribution is 5.81. The van der Waals surface area contributed by atoms with Gasteiger partial charge in [-0.05, 0) is 31.1 Å².